The van der Waals surface area contributed by atoms with Gasteiger partial charge in [-0.3, -0.25) is 4.68 Å². The van der Waals surface area contributed by atoms with E-state index in [9.17, 15) is 14.7 Å². The Hall–Kier alpha value is -2.25. The second kappa shape index (κ2) is 5.86. The van der Waals surface area contributed by atoms with Gasteiger partial charge in [0.2, 0.25) is 5.69 Å². The number of carbonyl (C=O) groups is 2. The third-order valence-electron chi connectivity index (χ3n) is 3.20. The minimum absolute atomic E-state index is 0.130. The molecule has 1 aromatic rings. The first-order chi connectivity index (χ1) is 10.2. The first kappa shape index (κ1) is 16.1. The third kappa shape index (κ3) is 3.32. The van der Waals surface area contributed by atoms with Crippen LogP contribution in [0.15, 0.2) is 0 Å². The van der Waals surface area contributed by atoms with Gasteiger partial charge in [0.1, 0.15) is 11.3 Å². The standard InChI is InChI=1S/C14H21N3O5/c1-14(2,3)22-13(20)16-6-5-7-17-9(8-16)11(18)10(15-17)12(19)21-4/h18H,5-8H2,1-4H3. The largest absolute Gasteiger partial charge is 0.504 e. The van der Waals surface area contributed by atoms with E-state index in [1.54, 1.807) is 20.8 Å². The maximum absolute atomic E-state index is 12.2. The first-order valence-electron chi connectivity index (χ1n) is 7.08. The lowest BCUT2D eigenvalue weighted by molar-refractivity contribution is 0.0236. The van der Waals surface area contributed by atoms with Gasteiger partial charge in [-0.25, -0.2) is 9.59 Å². The molecule has 8 heteroatoms. The fraction of sp³-hybridized carbons (Fsp3) is 0.643. The number of aromatic hydroxyl groups is 1. The lowest BCUT2D eigenvalue weighted by Gasteiger charge is -2.26. The van der Waals surface area contributed by atoms with E-state index in [0.717, 1.165) is 0 Å². The van der Waals surface area contributed by atoms with E-state index in [2.05, 4.69) is 9.84 Å². The molecule has 1 N–H and O–H groups in total. The predicted octanol–water partition coefficient (Wildman–Crippen LogP) is 1.52. The highest BCUT2D eigenvalue weighted by molar-refractivity contribution is 5.90. The van der Waals surface area contributed by atoms with E-state index in [-0.39, 0.29) is 18.0 Å². The number of fused-ring (bicyclic) bond motifs is 1. The van der Waals surface area contributed by atoms with E-state index < -0.39 is 17.7 Å². The van der Waals surface area contributed by atoms with Crippen molar-refractivity contribution in [1.82, 2.24) is 14.7 Å². The topological polar surface area (TPSA) is 93.9 Å². The van der Waals surface area contributed by atoms with E-state index in [1.807, 2.05) is 0 Å². The highest BCUT2D eigenvalue weighted by Crippen LogP contribution is 2.27. The monoisotopic (exact) mass is 311 g/mol. The van der Waals surface area contributed by atoms with E-state index in [4.69, 9.17) is 4.74 Å². The fourth-order valence-corrected chi connectivity index (χ4v) is 2.22. The lowest BCUT2D eigenvalue weighted by atomic mass is 10.2. The van der Waals surface area contributed by atoms with Gasteiger partial charge >= 0.3 is 12.1 Å². The van der Waals surface area contributed by atoms with Crippen LogP contribution in [0.5, 0.6) is 5.75 Å². The maximum atomic E-state index is 12.2. The van der Waals surface area contributed by atoms with Crippen LogP contribution in [0.1, 0.15) is 43.4 Å². The SMILES string of the molecule is COC(=O)c1nn2c(c1O)CN(C(=O)OC(C)(C)C)CCC2. The van der Waals surface area contributed by atoms with E-state index in [1.165, 1.54) is 16.7 Å². The summed E-state index contributed by atoms with van der Waals surface area (Å²) in [5, 5.41) is 14.2. The lowest BCUT2D eigenvalue weighted by Crippen LogP contribution is -2.36. The number of esters is 1. The number of aryl methyl sites for hydroxylation is 1. The summed E-state index contributed by atoms with van der Waals surface area (Å²) in [5.41, 5.74) is -0.324. The molecule has 0 bridgehead atoms. The highest BCUT2D eigenvalue weighted by atomic mass is 16.6. The molecule has 2 rings (SSSR count). The number of amides is 1. The van der Waals surface area contributed by atoms with Gasteiger partial charge in [-0.15, -0.1) is 0 Å². The molecule has 0 aliphatic carbocycles. The molecule has 0 atom stereocenters. The van der Waals surface area contributed by atoms with Crippen LogP contribution in [0.4, 0.5) is 4.79 Å². The quantitative estimate of drug-likeness (QED) is 0.790. The molecular formula is C14H21N3O5. The van der Waals surface area contributed by atoms with Crippen molar-refractivity contribution in [1.29, 1.82) is 0 Å². The number of nitrogens with zero attached hydrogens (tertiary/aromatic N) is 3. The van der Waals surface area contributed by atoms with Crippen LogP contribution >= 0.6 is 0 Å². The molecule has 0 spiro atoms. The Morgan fingerprint density at radius 1 is 1.27 bits per heavy atom. The van der Waals surface area contributed by atoms with Crippen LogP contribution in [0.3, 0.4) is 0 Å². The molecule has 0 radical (unpaired) electrons. The number of ether oxygens (including phenoxy) is 2. The van der Waals surface area contributed by atoms with E-state index >= 15 is 0 Å². The molecule has 0 saturated heterocycles. The Morgan fingerprint density at radius 3 is 2.55 bits per heavy atom. The van der Waals surface area contributed by atoms with Gasteiger partial charge in [0.15, 0.2) is 5.75 Å². The van der Waals surface area contributed by atoms with Gasteiger partial charge in [-0.05, 0) is 27.2 Å². The van der Waals surface area contributed by atoms with Crippen molar-refractivity contribution in [3.63, 3.8) is 0 Å². The fourth-order valence-electron chi connectivity index (χ4n) is 2.22. The van der Waals surface area contributed by atoms with Crippen LogP contribution in [0, 0.1) is 0 Å². The van der Waals surface area contributed by atoms with Gasteiger partial charge in [-0.1, -0.05) is 0 Å². The number of aromatic nitrogens is 2. The first-order valence-corrected chi connectivity index (χ1v) is 7.08. The average molecular weight is 311 g/mol. The molecule has 0 fully saturated rings. The molecule has 2 heterocycles. The van der Waals surface area contributed by atoms with Crippen LogP contribution in [0.25, 0.3) is 0 Å². The van der Waals surface area contributed by atoms with Crippen LogP contribution in [-0.2, 0) is 22.6 Å². The van der Waals surface area contributed by atoms with Crippen molar-refractivity contribution in [2.24, 2.45) is 0 Å². The highest BCUT2D eigenvalue weighted by Gasteiger charge is 2.30. The minimum Gasteiger partial charge on any atom is -0.504 e. The second-order valence-corrected chi connectivity index (χ2v) is 6.11. The molecule has 1 aliphatic rings. The van der Waals surface area contributed by atoms with Crippen molar-refractivity contribution in [3.05, 3.63) is 11.4 Å². The number of hydrogen-bond acceptors (Lipinski definition) is 6. The summed E-state index contributed by atoms with van der Waals surface area (Å²) in [6.45, 7) is 6.49. The predicted molar refractivity (Wildman–Crippen MR) is 76.5 cm³/mol. The van der Waals surface area contributed by atoms with Crippen LogP contribution in [0.2, 0.25) is 0 Å². The summed E-state index contributed by atoms with van der Waals surface area (Å²) in [5.74, 6) is -0.954. The average Bonchev–Trinajstić information content (AvgIpc) is 2.62. The number of rotatable bonds is 1. The van der Waals surface area contributed by atoms with Crippen molar-refractivity contribution in [2.45, 2.75) is 45.9 Å². The molecule has 22 heavy (non-hydrogen) atoms. The van der Waals surface area contributed by atoms with Gasteiger partial charge in [0.25, 0.3) is 0 Å². The molecule has 0 aromatic carbocycles. The Kier molecular flexibility index (Phi) is 4.30. The van der Waals surface area contributed by atoms with Crippen LogP contribution in [-0.4, -0.2) is 51.1 Å². The Balaban J connectivity index is 2.24. The summed E-state index contributed by atoms with van der Waals surface area (Å²) < 4.78 is 11.5. The normalized spacial score (nSPS) is 15.0. The van der Waals surface area contributed by atoms with Crippen molar-refractivity contribution in [2.75, 3.05) is 13.7 Å². The van der Waals surface area contributed by atoms with Gasteiger partial charge in [0, 0.05) is 13.1 Å². The van der Waals surface area contributed by atoms with Gasteiger partial charge in [-0.2, -0.15) is 5.10 Å². The molecule has 1 aromatic heterocycles. The van der Waals surface area contributed by atoms with Crippen LogP contribution < -0.4 is 0 Å². The van der Waals surface area contributed by atoms with Gasteiger partial charge in [0.05, 0.1) is 13.7 Å². The number of hydrogen-bond donors (Lipinski definition) is 1. The second-order valence-electron chi connectivity index (χ2n) is 6.11. The summed E-state index contributed by atoms with van der Waals surface area (Å²) >= 11 is 0. The summed E-state index contributed by atoms with van der Waals surface area (Å²) in [6, 6.07) is 0. The zero-order chi connectivity index (χ0) is 16.5. The molecular weight excluding hydrogens is 290 g/mol. The van der Waals surface area contributed by atoms with Crippen molar-refractivity contribution in [3.8, 4) is 5.75 Å². The number of methoxy groups -OCH3 is 1. The summed E-state index contributed by atoms with van der Waals surface area (Å²) in [4.78, 5) is 25.3. The summed E-state index contributed by atoms with van der Waals surface area (Å²) in [7, 11) is 1.22. The third-order valence-corrected chi connectivity index (χ3v) is 3.20. The Bertz CT molecular complexity index is 588. The van der Waals surface area contributed by atoms with Crippen molar-refractivity contribution < 1.29 is 24.2 Å². The summed E-state index contributed by atoms with van der Waals surface area (Å²) in [6.07, 6.45) is 0.190. The van der Waals surface area contributed by atoms with E-state index in [0.29, 0.717) is 25.2 Å². The zero-order valence-corrected chi connectivity index (χ0v) is 13.3. The molecule has 1 aliphatic heterocycles. The number of carbonyl (C=O) groups excluding carboxylic acids is 2. The molecule has 1 amide bonds. The molecule has 0 saturated carbocycles. The molecule has 8 nitrogen and oxygen atoms in total. The van der Waals surface area contributed by atoms with Gasteiger partial charge < -0.3 is 19.5 Å². The Morgan fingerprint density at radius 2 is 1.95 bits per heavy atom. The Labute approximate surface area is 128 Å². The zero-order valence-electron chi connectivity index (χ0n) is 13.3. The van der Waals surface area contributed by atoms with Crippen molar-refractivity contribution >= 4 is 12.1 Å². The molecule has 122 valence electrons. The minimum atomic E-state index is -0.707. The smallest absolute Gasteiger partial charge is 0.410 e. The maximum Gasteiger partial charge on any atom is 0.410 e. The molecule has 0 unspecified atom stereocenters.